The van der Waals surface area contributed by atoms with Gasteiger partial charge in [0.25, 0.3) is 0 Å². The Morgan fingerprint density at radius 1 is 0.975 bits per heavy atom. The van der Waals surface area contributed by atoms with Crippen LogP contribution in [-0.2, 0) is 22.6 Å². The van der Waals surface area contributed by atoms with Crippen molar-refractivity contribution in [1.29, 1.82) is 0 Å². The van der Waals surface area contributed by atoms with Gasteiger partial charge in [-0.1, -0.05) is 55.7 Å². The summed E-state index contributed by atoms with van der Waals surface area (Å²) in [5, 5.41) is 7.18. The maximum atomic E-state index is 13.5. The molecule has 1 saturated carbocycles. The van der Waals surface area contributed by atoms with Crippen LogP contribution in [0, 0.1) is 0 Å². The predicted octanol–water partition coefficient (Wildman–Crippen LogP) is 3.86. The molecule has 8 nitrogen and oxygen atoms in total. The summed E-state index contributed by atoms with van der Waals surface area (Å²) in [5.41, 5.74) is 2.93. The lowest BCUT2D eigenvalue weighted by atomic mass is 9.94. The van der Waals surface area contributed by atoms with E-state index < -0.39 is 6.04 Å². The predicted molar refractivity (Wildman–Crippen MR) is 158 cm³/mol. The maximum Gasteiger partial charge on any atom is 0.243 e. The number of piperazine rings is 1. The fourth-order valence-electron chi connectivity index (χ4n) is 6.16. The molecule has 3 N–H and O–H groups in total. The number of hydrogen-bond donors (Lipinski definition) is 3. The van der Waals surface area contributed by atoms with Crippen LogP contribution in [0.2, 0.25) is 0 Å². The van der Waals surface area contributed by atoms with Gasteiger partial charge in [-0.25, -0.2) is 0 Å². The molecule has 0 radical (unpaired) electrons. The maximum absolute atomic E-state index is 13.5. The molecule has 2 amide bonds. The van der Waals surface area contributed by atoms with Gasteiger partial charge in [-0.2, -0.15) is 0 Å². The van der Waals surface area contributed by atoms with E-state index >= 15 is 0 Å². The standard InChI is InChI=1S/C32H43N5O3/c1-2-40-30-15-9-6-10-24(30)21-34-32(39)29(20-25-22-33-28-14-8-7-13-27(25)28)35-31(38)23-36-16-18-37(19-17-36)26-11-4-3-5-12-26/h6-10,13-15,22,26,29,33H,2-5,11-12,16-21,23H2,1H3,(H,34,39)(H,35,38). The number of aromatic amines is 1. The van der Waals surface area contributed by atoms with Crippen molar-refractivity contribution in [2.45, 2.75) is 64.1 Å². The quantitative estimate of drug-likeness (QED) is 0.341. The van der Waals surface area contributed by atoms with Crippen LogP contribution in [0.4, 0.5) is 0 Å². The number of amides is 2. The molecule has 0 bridgehead atoms. The lowest BCUT2D eigenvalue weighted by Gasteiger charge is -2.40. The molecule has 2 aliphatic rings. The molecule has 3 aromatic rings. The zero-order chi connectivity index (χ0) is 27.7. The highest BCUT2D eigenvalue weighted by Gasteiger charge is 2.28. The van der Waals surface area contributed by atoms with Crippen molar-refractivity contribution >= 4 is 22.7 Å². The second-order valence-electron chi connectivity index (χ2n) is 11.0. The minimum atomic E-state index is -0.686. The summed E-state index contributed by atoms with van der Waals surface area (Å²) in [6.45, 7) is 6.93. The normalized spacial score (nSPS) is 17.9. The first-order chi connectivity index (χ1) is 19.6. The summed E-state index contributed by atoms with van der Waals surface area (Å²) >= 11 is 0. The fraction of sp³-hybridized carbons (Fsp3) is 0.500. The monoisotopic (exact) mass is 545 g/mol. The van der Waals surface area contributed by atoms with Gasteiger partial charge in [-0.05, 0) is 37.5 Å². The number of carbonyl (C=O) groups excluding carboxylic acids is 2. The number of aromatic nitrogens is 1. The Balaban J connectivity index is 1.21. The molecule has 1 aromatic heterocycles. The van der Waals surface area contributed by atoms with Gasteiger partial charge in [0.2, 0.25) is 11.8 Å². The Labute approximate surface area is 237 Å². The van der Waals surface area contributed by atoms with Crippen molar-refractivity contribution in [3.8, 4) is 5.75 Å². The Bertz CT molecular complexity index is 1260. The Morgan fingerprint density at radius 3 is 2.52 bits per heavy atom. The second-order valence-corrected chi connectivity index (χ2v) is 11.0. The highest BCUT2D eigenvalue weighted by atomic mass is 16.5. The number of rotatable bonds is 11. The van der Waals surface area contributed by atoms with E-state index in [1.54, 1.807) is 0 Å². The third kappa shape index (κ3) is 7.23. The molecule has 2 heterocycles. The van der Waals surface area contributed by atoms with Gasteiger partial charge in [0.1, 0.15) is 11.8 Å². The zero-order valence-corrected chi connectivity index (χ0v) is 23.7. The van der Waals surface area contributed by atoms with Crippen molar-refractivity contribution in [3.63, 3.8) is 0 Å². The second kappa shape index (κ2) is 13.8. The number of carbonyl (C=O) groups is 2. The summed E-state index contributed by atoms with van der Waals surface area (Å²) in [6.07, 6.45) is 8.99. The summed E-state index contributed by atoms with van der Waals surface area (Å²) < 4.78 is 5.72. The molecule has 1 unspecified atom stereocenters. The number of H-pyrrole nitrogens is 1. The van der Waals surface area contributed by atoms with Crippen LogP contribution in [0.1, 0.15) is 50.2 Å². The van der Waals surface area contributed by atoms with Crippen LogP contribution in [0.3, 0.4) is 0 Å². The molecule has 8 heteroatoms. The fourth-order valence-corrected chi connectivity index (χ4v) is 6.16. The number of nitrogens with zero attached hydrogens (tertiary/aromatic N) is 2. The topological polar surface area (TPSA) is 89.7 Å². The third-order valence-electron chi connectivity index (χ3n) is 8.34. The van der Waals surface area contributed by atoms with E-state index in [9.17, 15) is 9.59 Å². The molecule has 1 atom stereocenters. The first kappa shape index (κ1) is 28.2. The van der Waals surface area contributed by atoms with Gasteiger partial charge in [0.15, 0.2) is 0 Å². The van der Waals surface area contributed by atoms with Crippen LogP contribution < -0.4 is 15.4 Å². The van der Waals surface area contributed by atoms with Crippen molar-refractivity contribution in [2.75, 3.05) is 39.3 Å². The Hall–Kier alpha value is -3.36. The summed E-state index contributed by atoms with van der Waals surface area (Å²) in [7, 11) is 0. The molecule has 1 aliphatic heterocycles. The van der Waals surface area contributed by atoms with Crippen LogP contribution in [0.25, 0.3) is 10.9 Å². The molecule has 40 heavy (non-hydrogen) atoms. The molecular formula is C32H43N5O3. The molecular weight excluding hydrogens is 502 g/mol. The largest absolute Gasteiger partial charge is 0.494 e. The third-order valence-corrected chi connectivity index (χ3v) is 8.34. The number of para-hydroxylation sites is 2. The van der Waals surface area contributed by atoms with Crippen molar-refractivity contribution < 1.29 is 14.3 Å². The molecule has 1 saturated heterocycles. The minimum Gasteiger partial charge on any atom is -0.494 e. The number of hydrogen-bond acceptors (Lipinski definition) is 5. The Morgan fingerprint density at radius 2 is 1.73 bits per heavy atom. The van der Waals surface area contributed by atoms with E-state index in [1.807, 2.05) is 61.7 Å². The SMILES string of the molecule is CCOc1ccccc1CNC(=O)C(Cc1c[nH]c2ccccc12)NC(=O)CN1CCN(C2CCCCC2)CC1. The molecule has 0 spiro atoms. The average Bonchev–Trinajstić information content (AvgIpc) is 3.40. The van der Waals surface area contributed by atoms with Crippen LogP contribution in [0.5, 0.6) is 5.75 Å². The van der Waals surface area contributed by atoms with Gasteiger partial charge >= 0.3 is 0 Å². The van der Waals surface area contributed by atoms with E-state index in [4.69, 9.17) is 4.74 Å². The molecule has 2 fully saturated rings. The Kier molecular flexibility index (Phi) is 9.73. The first-order valence-corrected chi connectivity index (χ1v) is 14.9. The number of benzene rings is 2. The molecule has 2 aromatic carbocycles. The molecule has 214 valence electrons. The number of fused-ring (bicyclic) bond motifs is 1. The van der Waals surface area contributed by atoms with Gasteiger partial charge in [-0.15, -0.1) is 0 Å². The smallest absolute Gasteiger partial charge is 0.243 e. The lowest BCUT2D eigenvalue weighted by molar-refractivity contribution is -0.129. The molecule has 5 rings (SSSR count). The van der Waals surface area contributed by atoms with Crippen LogP contribution in [0.15, 0.2) is 54.7 Å². The van der Waals surface area contributed by atoms with Gasteiger partial charge in [0.05, 0.1) is 13.2 Å². The number of ether oxygens (including phenoxy) is 1. The van der Waals surface area contributed by atoms with E-state index in [2.05, 4.69) is 25.4 Å². The van der Waals surface area contributed by atoms with E-state index in [1.165, 1.54) is 32.1 Å². The van der Waals surface area contributed by atoms with Crippen LogP contribution in [-0.4, -0.2) is 78.0 Å². The van der Waals surface area contributed by atoms with Crippen molar-refractivity contribution in [3.05, 3.63) is 65.9 Å². The summed E-state index contributed by atoms with van der Waals surface area (Å²) in [6, 6.07) is 15.8. The van der Waals surface area contributed by atoms with E-state index in [-0.39, 0.29) is 11.8 Å². The van der Waals surface area contributed by atoms with Gasteiger partial charge < -0.3 is 20.4 Å². The van der Waals surface area contributed by atoms with Gasteiger partial charge in [0, 0.05) is 67.8 Å². The summed E-state index contributed by atoms with van der Waals surface area (Å²) in [5.74, 6) is 0.447. The van der Waals surface area contributed by atoms with E-state index in [0.717, 1.165) is 54.0 Å². The van der Waals surface area contributed by atoms with Crippen molar-refractivity contribution in [1.82, 2.24) is 25.4 Å². The highest BCUT2D eigenvalue weighted by molar-refractivity contribution is 5.90. The number of nitrogens with one attached hydrogen (secondary N) is 3. The van der Waals surface area contributed by atoms with E-state index in [0.29, 0.717) is 32.2 Å². The van der Waals surface area contributed by atoms with Gasteiger partial charge in [-0.3, -0.25) is 19.4 Å². The zero-order valence-electron chi connectivity index (χ0n) is 23.7. The lowest BCUT2D eigenvalue weighted by Crippen LogP contribution is -2.54. The van der Waals surface area contributed by atoms with Crippen LogP contribution >= 0.6 is 0 Å². The highest BCUT2D eigenvalue weighted by Crippen LogP contribution is 2.24. The minimum absolute atomic E-state index is 0.110. The first-order valence-electron chi connectivity index (χ1n) is 14.9. The molecule has 1 aliphatic carbocycles. The average molecular weight is 546 g/mol. The summed E-state index contributed by atoms with van der Waals surface area (Å²) in [4.78, 5) is 34.9. The van der Waals surface area contributed by atoms with Crippen molar-refractivity contribution in [2.24, 2.45) is 0 Å².